The zero-order valence-electron chi connectivity index (χ0n) is 31.6. The minimum absolute atomic E-state index is 0.227. The van der Waals surface area contributed by atoms with Gasteiger partial charge in [-0.3, -0.25) is 0 Å². The Morgan fingerprint density at radius 3 is 1.37 bits per heavy atom. The Labute approximate surface area is 296 Å². The summed E-state index contributed by atoms with van der Waals surface area (Å²) in [5.74, 6) is -1.32. The number of cyclic esters (lactones) is 3. The number of azide groups is 1. The van der Waals surface area contributed by atoms with E-state index in [2.05, 4.69) is 74.2 Å². The van der Waals surface area contributed by atoms with Crippen LogP contribution in [0.3, 0.4) is 0 Å². The maximum Gasteiger partial charge on any atom is 0.341 e. The minimum atomic E-state index is -0.562. The van der Waals surface area contributed by atoms with Crippen LogP contribution in [0, 0.1) is 0 Å². The van der Waals surface area contributed by atoms with E-state index in [0.717, 1.165) is 0 Å². The summed E-state index contributed by atoms with van der Waals surface area (Å²) < 4.78 is 8.51. The van der Waals surface area contributed by atoms with Gasteiger partial charge >= 0.3 is 17.9 Å². The Hall–Kier alpha value is -4.50. The van der Waals surface area contributed by atoms with E-state index in [4.69, 9.17) is 5.53 Å². The second kappa shape index (κ2) is 34.8. The molecule has 2 fully saturated rings. The summed E-state index contributed by atoms with van der Waals surface area (Å²) in [6.07, 6.45) is 10.1. The second-order valence-corrected chi connectivity index (χ2v) is 9.70. The number of rotatable bonds is 1. The molecule has 0 aromatic heterocycles. The molecule has 10 heteroatoms. The maximum atomic E-state index is 10.3. The minimum Gasteiger partial charge on any atom is -0.458 e. The van der Waals surface area contributed by atoms with E-state index >= 15 is 0 Å². The summed E-state index contributed by atoms with van der Waals surface area (Å²) in [5, 5.41) is 2.92. The van der Waals surface area contributed by atoms with Crippen LogP contribution in [-0.2, 0) is 36.7 Å². The number of likely N-dealkylation sites (N-methyl/N-ethyl adjacent to an activating group) is 1. The second-order valence-electron chi connectivity index (χ2n) is 9.70. The van der Waals surface area contributed by atoms with Crippen molar-refractivity contribution in [2.45, 2.75) is 67.7 Å². The topological polar surface area (TPSA) is 125 Å². The average molecular weight is 680 g/mol. The molecule has 0 atom stereocenters. The third-order valence-corrected chi connectivity index (χ3v) is 6.08. The first-order chi connectivity index (χ1) is 23.7. The largest absolute Gasteiger partial charge is 0.458 e. The van der Waals surface area contributed by atoms with Gasteiger partial charge in [0, 0.05) is 42.8 Å². The van der Waals surface area contributed by atoms with E-state index in [-0.39, 0.29) is 5.97 Å². The van der Waals surface area contributed by atoms with Crippen molar-refractivity contribution in [2.24, 2.45) is 5.11 Å². The molecule has 2 aromatic carbocycles. The Morgan fingerprint density at radius 2 is 1.22 bits per heavy atom. The predicted octanol–water partition coefficient (Wildman–Crippen LogP) is 8.49. The average Bonchev–Trinajstić information content (AvgIpc) is 3.65. The molecule has 1 aliphatic carbocycles. The summed E-state index contributed by atoms with van der Waals surface area (Å²) in [5.41, 5.74) is 12.0. The molecule has 2 saturated heterocycles. The number of likely N-dealkylation sites (tertiary alicyclic amines) is 1. The van der Waals surface area contributed by atoms with Crippen LogP contribution in [0.25, 0.3) is 16.5 Å². The fourth-order valence-corrected chi connectivity index (χ4v) is 3.06. The summed E-state index contributed by atoms with van der Waals surface area (Å²) in [4.78, 5) is 37.3. The zero-order chi connectivity index (χ0) is 37.9. The Morgan fingerprint density at radius 1 is 0.796 bits per heavy atom. The van der Waals surface area contributed by atoms with Crippen molar-refractivity contribution in [3.8, 4) is 0 Å². The van der Waals surface area contributed by atoms with Crippen LogP contribution < -0.4 is 0 Å². The van der Waals surface area contributed by atoms with Gasteiger partial charge < -0.3 is 19.3 Å². The van der Waals surface area contributed by atoms with Gasteiger partial charge in [-0.15, -0.1) is 0 Å². The normalized spacial score (nSPS) is 14.5. The van der Waals surface area contributed by atoms with Gasteiger partial charge in [0.2, 0.25) is 0 Å². The molecular formula is C39H61N5O5. The van der Waals surface area contributed by atoms with Crippen molar-refractivity contribution in [3.63, 3.8) is 0 Å². The van der Waals surface area contributed by atoms with Gasteiger partial charge in [-0.25, -0.2) is 14.4 Å². The molecule has 5 aliphatic rings. The van der Waals surface area contributed by atoms with E-state index in [0.29, 0.717) is 12.2 Å². The lowest BCUT2D eigenvalue weighted by atomic mass is 9.89. The van der Waals surface area contributed by atoms with Gasteiger partial charge in [-0.1, -0.05) is 114 Å². The van der Waals surface area contributed by atoms with Gasteiger partial charge in [0.15, 0.2) is 0 Å². The molecule has 10 nitrogen and oxygen atoms in total. The molecule has 0 saturated carbocycles. The van der Waals surface area contributed by atoms with Crippen LogP contribution in [0.2, 0.25) is 0 Å². The summed E-state index contributed by atoms with van der Waals surface area (Å²) in [6, 6.07) is 18.7. The number of aryl methyl sites for hydroxylation is 2. The summed E-state index contributed by atoms with van der Waals surface area (Å²) in [7, 11) is 5.64. The van der Waals surface area contributed by atoms with Crippen LogP contribution in [0.5, 0.6) is 0 Å². The maximum absolute atomic E-state index is 10.3. The molecule has 0 spiro atoms. The highest BCUT2D eigenvalue weighted by Gasteiger charge is 2.18. The van der Waals surface area contributed by atoms with Crippen LogP contribution in [0.1, 0.15) is 71.6 Å². The number of hydrogen-bond acceptors (Lipinski definition) is 8. The predicted molar refractivity (Wildman–Crippen MR) is 204 cm³/mol. The molecule has 0 bridgehead atoms. The highest BCUT2D eigenvalue weighted by Crippen LogP contribution is 2.20. The van der Waals surface area contributed by atoms with Crippen molar-refractivity contribution in [2.75, 3.05) is 53.9 Å². The van der Waals surface area contributed by atoms with Crippen molar-refractivity contribution in [1.29, 1.82) is 0 Å². The molecular weight excluding hydrogens is 618 g/mol. The highest BCUT2D eigenvalue weighted by atomic mass is 16.6. The molecule has 49 heavy (non-hydrogen) atoms. The number of hydrogen-bond donors (Lipinski definition) is 0. The number of fused-ring (bicyclic) bond motifs is 1. The molecule has 0 unspecified atom stereocenters. The Bertz CT molecular complexity index is 1240. The number of nitrogens with zero attached hydrogens (tertiary/aromatic N) is 5. The first kappa shape index (κ1) is 48.9. The van der Waals surface area contributed by atoms with E-state index in [1.54, 1.807) is 17.2 Å². The Balaban J connectivity index is -0.000000498. The van der Waals surface area contributed by atoms with Gasteiger partial charge in [-0.05, 0) is 81.7 Å². The first-order valence-corrected chi connectivity index (χ1v) is 17.0. The van der Waals surface area contributed by atoms with Crippen LogP contribution in [0.15, 0.2) is 90.1 Å². The molecule has 2 aromatic rings. The third kappa shape index (κ3) is 29.4. The molecule has 272 valence electrons. The lowest BCUT2D eigenvalue weighted by Gasteiger charge is -2.24. The smallest absolute Gasteiger partial charge is 0.341 e. The van der Waals surface area contributed by atoms with Crippen molar-refractivity contribution in [1.82, 2.24) is 9.80 Å². The van der Waals surface area contributed by atoms with Gasteiger partial charge in [0.1, 0.15) is 6.61 Å². The molecule has 0 N–H and O–H groups in total. The van der Waals surface area contributed by atoms with Crippen molar-refractivity contribution in [3.05, 3.63) is 112 Å². The van der Waals surface area contributed by atoms with Crippen molar-refractivity contribution >= 4 is 24.0 Å². The van der Waals surface area contributed by atoms with E-state index in [1.165, 1.54) is 77.1 Å². The Kier molecular flexibility index (Phi) is 34.7. The number of carbonyl (C=O) groups excluding carboxylic acids is 3. The lowest BCUT2D eigenvalue weighted by Crippen LogP contribution is -2.32. The number of carbonyl (C=O) groups is 3. The van der Waals surface area contributed by atoms with Gasteiger partial charge in [-0.2, -0.15) is 0 Å². The number of esters is 3. The fraction of sp³-hybridized carbons (Fsp3) is 0.462. The van der Waals surface area contributed by atoms with Crippen LogP contribution in [0.4, 0.5) is 0 Å². The first-order valence-electron chi connectivity index (χ1n) is 17.0. The number of benzene rings is 2. The zero-order valence-corrected chi connectivity index (χ0v) is 31.6. The summed E-state index contributed by atoms with van der Waals surface area (Å²) >= 11 is 0. The molecule has 7 rings (SSSR count). The fourth-order valence-electron chi connectivity index (χ4n) is 3.06. The third-order valence-electron chi connectivity index (χ3n) is 6.08. The van der Waals surface area contributed by atoms with Gasteiger partial charge in [0.25, 0.3) is 0 Å². The molecule has 0 amide bonds. The quantitative estimate of drug-likeness (QED) is 0.0739. The van der Waals surface area contributed by atoms with Crippen molar-refractivity contribution < 1.29 is 23.9 Å². The molecule has 4 heterocycles. The van der Waals surface area contributed by atoms with Gasteiger partial charge in [0.05, 0.1) is 0 Å². The van der Waals surface area contributed by atoms with Crippen LogP contribution in [-0.4, -0.2) is 81.6 Å². The standard InChI is InChI=1S/2C8H8.C5H4O3.C4H9N.C4H4O2.C3H7N.3C2H6.CH3N3/c1-2-4-8-6-5-7(8)3-1;1-2-8-6-4-3-5-7-8;1-3-2-4(6)8-5(3)7;1-5-3-2-4-5;5-4-2-1-3-6-4;1-4-2-3-4;3*1-2;1-3-4-2/h1-4H,5-6H2;2-7H,1H2;2H,1H3;2-4H2,1H3;1-2H,3H2;2-3H2,1H3;3*1-2H3;1H3. The van der Waals surface area contributed by atoms with Crippen LogP contribution >= 0.6 is 0 Å². The molecule has 4 aliphatic heterocycles. The number of ether oxygens (including phenoxy) is 2. The monoisotopic (exact) mass is 679 g/mol. The summed E-state index contributed by atoms with van der Waals surface area (Å²) in [6.45, 7) is 22.9. The van der Waals surface area contributed by atoms with E-state index < -0.39 is 11.9 Å². The highest BCUT2D eigenvalue weighted by molar-refractivity contribution is 6.08. The SMILES string of the molecule is C=Cc1ccccc1.CC.CC.CC.CC1=CC(=O)OC1=O.CN1CC1.CN1CCC1.CN=[N+]=[N-].O=C1C=CCO1.c1ccc2c(c1)CC2. The lowest BCUT2D eigenvalue weighted by molar-refractivity contribution is -0.150. The van der Waals surface area contributed by atoms with E-state index in [1.807, 2.05) is 78.0 Å². The molecule has 0 radical (unpaired) electrons. The van der Waals surface area contributed by atoms with E-state index in [9.17, 15) is 14.4 Å².